The second-order valence-corrected chi connectivity index (χ2v) is 4.29. The molecule has 0 aromatic carbocycles. The fourth-order valence-electron chi connectivity index (χ4n) is 0.732. The highest BCUT2D eigenvalue weighted by molar-refractivity contribution is 5.86. The molecule has 0 aliphatic rings. The van der Waals surface area contributed by atoms with E-state index in [0.29, 0.717) is 12.0 Å². The van der Waals surface area contributed by atoms with Crippen molar-refractivity contribution in [2.45, 2.75) is 34.1 Å². The molecule has 4 heteroatoms. The average molecular weight is 228 g/mol. The summed E-state index contributed by atoms with van der Waals surface area (Å²) in [6.07, 6.45) is 0.706. The third-order valence-electron chi connectivity index (χ3n) is 2.33. The Kier molecular flexibility index (Phi) is 5.78. The van der Waals surface area contributed by atoms with Crippen LogP contribution in [0.4, 0.5) is 0 Å². The first kappa shape index (κ1) is 14.7. The highest BCUT2D eigenvalue weighted by Gasteiger charge is 2.26. The number of hydrogen-bond acceptors (Lipinski definition) is 4. The predicted molar refractivity (Wildman–Crippen MR) is 60.8 cm³/mol. The second-order valence-electron chi connectivity index (χ2n) is 4.29. The van der Waals surface area contributed by atoms with Crippen LogP contribution in [0.15, 0.2) is 12.2 Å². The van der Waals surface area contributed by atoms with E-state index in [1.165, 1.54) is 0 Å². The molecular weight excluding hydrogens is 208 g/mol. The summed E-state index contributed by atoms with van der Waals surface area (Å²) in [7, 11) is 0. The van der Waals surface area contributed by atoms with E-state index in [2.05, 4.69) is 6.58 Å². The molecule has 92 valence electrons. The lowest BCUT2D eigenvalue weighted by molar-refractivity contribution is -0.158. The maximum Gasteiger partial charge on any atom is 0.333 e. The van der Waals surface area contributed by atoms with Gasteiger partial charge in [0.1, 0.15) is 13.2 Å². The Labute approximate surface area is 96.6 Å². The molecule has 0 bridgehead atoms. The Hall–Kier alpha value is -1.32. The first-order chi connectivity index (χ1) is 7.31. The van der Waals surface area contributed by atoms with Gasteiger partial charge in [0, 0.05) is 5.57 Å². The lowest BCUT2D eigenvalue weighted by Crippen LogP contribution is -2.27. The number of hydrogen-bond donors (Lipinski definition) is 0. The van der Waals surface area contributed by atoms with Gasteiger partial charge in [0.2, 0.25) is 0 Å². The third kappa shape index (κ3) is 4.96. The van der Waals surface area contributed by atoms with Crippen LogP contribution in [0.5, 0.6) is 0 Å². The van der Waals surface area contributed by atoms with Gasteiger partial charge in [-0.2, -0.15) is 0 Å². The molecule has 0 aromatic heterocycles. The van der Waals surface area contributed by atoms with Crippen LogP contribution < -0.4 is 0 Å². The molecular formula is C12H20O4. The third-order valence-corrected chi connectivity index (χ3v) is 2.33. The van der Waals surface area contributed by atoms with E-state index in [1.54, 1.807) is 6.92 Å². The van der Waals surface area contributed by atoms with Gasteiger partial charge in [0.25, 0.3) is 0 Å². The van der Waals surface area contributed by atoms with E-state index in [0.717, 1.165) is 0 Å². The molecule has 0 N–H and O–H groups in total. The maximum absolute atomic E-state index is 11.5. The SMILES string of the molecule is C=C(C)C(=O)OCCOC(=O)C(C)(C)CC. The van der Waals surface area contributed by atoms with Gasteiger partial charge in [0.05, 0.1) is 5.41 Å². The predicted octanol–water partition coefficient (Wildman–Crippen LogP) is 2.09. The highest BCUT2D eigenvalue weighted by Crippen LogP contribution is 2.21. The Balaban J connectivity index is 3.80. The molecule has 0 spiro atoms. The van der Waals surface area contributed by atoms with Crippen molar-refractivity contribution in [2.24, 2.45) is 5.41 Å². The zero-order chi connectivity index (χ0) is 12.8. The lowest BCUT2D eigenvalue weighted by atomic mass is 9.91. The Morgan fingerprint density at radius 1 is 1.19 bits per heavy atom. The van der Waals surface area contributed by atoms with Gasteiger partial charge in [-0.1, -0.05) is 13.5 Å². The topological polar surface area (TPSA) is 52.6 Å². The van der Waals surface area contributed by atoms with Crippen LogP contribution in [-0.4, -0.2) is 25.2 Å². The van der Waals surface area contributed by atoms with Crippen molar-refractivity contribution in [1.82, 2.24) is 0 Å². The van der Waals surface area contributed by atoms with Gasteiger partial charge in [-0.3, -0.25) is 4.79 Å². The summed E-state index contributed by atoms with van der Waals surface area (Å²) in [6.45, 7) is 10.7. The van der Waals surface area contributed by atoms with Gasteiger partial charge in [-0.25, -0.2) is 4.79 Å². The first-order valence-electron chi connectivity index (χ1n) is 5.31. The van der Waals surface area contributed by atoms with Gasteiger partial charge in [-0.05, 0) is 27.2 Å². The molecule has 0 radical (unpaired) electrons. The van der Waals surface area contributed by atoms with Crippen LogP contribution in [0.1, 0.15) is 34.1 Å². The highest BCUT2D eigenvalue weighted by atomic mass is 16.6. The van der Waals surface area contributed by atoms with Gasteiger partial charge in [0.15, 0.2) is 0 Å². The molecule has 0 aromatic rings. The molecule has 0 amide bonds. The summed E-state index contributed by atoms with van der Waals surface area (Å²) < 4.78 is 9.77. The molecule has 0 saturated heterocycles. The maximum atomic E-state index is 11.5. The van der Waals surface area contributed by atoms with Crippen molar-refractivity contribution in [2.75, 3.05) is 13.2 Å². The summed E-state index contributed by atoms with van der Waals surface area (Å²) in [6, 6.07) is 0. The van der Waals surface area contributed by atoms with Crippen molar-refractivity contribution in [1.29, 1.82) is 0 Å². The zero-order valence-electron chi connectivity index (χ0n) is 10.5. The summed E-state index contributed by atoms with van der Waals surface area (Å²) in [5.74, 6) is -0.743. The molecule has 4 nitrogen and oxygen atoms in total. The largest absolute Gasteiger partial charge is 0.462 e. The van der Waals surface area contributed by atoms with Crippen LogP contribution in [0.2, 0.25) is 0 Å². The fraction of sp³-hybridized carbons (Fsp3) is 0.667. The van der Waals surface area contributed by atoms with E-state index in [9.17, 15) is 9.59 Å². The van der Waals surface area contributed by atoms with Crippen LogP contribution >= 0.6 is 0 Å². The normalized spacial score (nSPS) is 10.8. The molecule has 0 atom stereocenters. The van der Waals surface area contributed by atoms with Gasteiger partial charge in [-0.15, -0.1) is 0 Å². The molecule has 0 aliphatic heterocycles. The smallest absolute Gasteiger partial charge is 0.333 e. The van der Waals surface area contributed by atoms with Crippen molar-refractivity contribution < 1.29 is 19.1 Å². The molecule has 0 saturated carbocycles. The standard InChI is InChI=1S/C12H20O4/c1-6-12(4,5)11(14)16-8-7-15-10(13)9(2)3/h2,6-8H2,1,3-5H3. The molecule has 0 aliphatic carbocycles. The lowest BCUT2D eigenvalue weighted by Gasteiger charge is -2.20. The van der Waals surface area contributed by atoms with E-state index in [1.807, 2.05) is 20.8 Å². The van der Waals surface area contributed by atoms with E-state index >= 15 is 0 Å². The van der Waals surface area contributed by atoms with Gasteiger partial charge < -0.3 is 9.47 Å². The molecule has 0 heterocycles. The number of rotatable bonds is 6. The van der Waals surface area contributed by atoms with Crippen molar-refractivity contribution in [3.8, 4) is 0 Å². The van der Waals surface area contributed by atoms with Crippen molar-refractivity contribution >= 4 is 11.9 Å². The number of esters is 2. The van der Waals surface area contributed by atoms with E-state index in [-0.39, 0.29) is 19.2 Å². The first-order valence-corrected chi connectivity index (χ1v) is 5.31. The minimum atomic E-state index is -0.488. The van der Waals surface area contributed by atoms with E-state index < -0.39 is 11.4 Å². The van der Waals surface area contributed by atoms with Crippen molar-refractivity contribution in [3.63, 3.8) is 0 Å². The molecule has 16 heavy (non-hydrogen) atoms. The Bertz CT molecular complexity index is 279. The van der Waals surface area contributed by atoms with Crippen LogP contribution in [0.25, 0.3) is 0 Å². The van der Waals surface area contributed by atoms with Crippen LogP contribution in [-0.2, 0) is 19.1 Å². The summed E-state index contributed by atoms with van der Waals surface area (Å²) in [4.78, 5) is 22.5. The second kappa shape index (κ2) is 6.30. The summed E-state index contributed by atoms with van der Waals surface area (Å²) in [5, 5.41) is 0. The van der Waals surface area contributed by atoms with Crippen LogP contribution in [0, 0.1) is 5.41 Å². The molecule has 0 unspecified atom stereocenters. The van der Waals surface area contributed by atoms with Crippen molar-refractivity contribution in [3.05, 3.63) is 12.2 Å². The number of carbonyl (C=O) groups excluding carboxylic acids is 2. The monoisotopic (exact) mass is 228 g/mol. The Morgan fingerprint density at radius 3 is 2.12 bits per heavy atom. The minimum absolute atomic E-state index is 0.0667. The van der Waals surface area contributed by atoms with Crippen LogP contribution in [0.3, 0.4) is 0 Å². The molecule has 0 fully saturated rings. The quantitative estimate of drug-likeness (QED) is 0.397. The number of ether oxygens (including phenoxy) is 2. The van der Waals surface area contributed by atoms with Gasteiger partial charge >= 0.3 is 11.9 Å². The minimum Gasteiger partial charge on any atom is -0.462 e. The summed E-state index contributed by atoms with van der Waals surface area (Å²) >= 11 is 0. The Morgan fingerprint density at radius 2 is 1.69 bits per heavy atom. The average Bonchev–Trinajstić information content (AvgIpc) is 2.23. The summed E-state index contributed by atoms with van der Waals surface area (Å²) in [5.41, 5.74) is -0.154. The zero-order valence-corrected chi connectivity index (χ0v) is 10.5. The fourth-order valence-corrected chi connectivity index (χ4v) is 0.732. The number of carbonyl (C=O) groups is 2. The molecule has 0 rings (SSSR count). The van der Waals surface area contributed by atoms with E-state index in [4.69, 9.17) is 9.47 Å².